The Kier molecular flexibility index (Phi) is 6.36. The van der Waals surface area contributed by atoms with Crippen molar-refractivity contribution in [2.45, 2.75) is 64.6 Å². The lowest BCUT2D eigenvalue weighted by Gasteiger charge is -2.36. The molecule has 0 aliphatic carbocycles. The van der Waals surface area contributed by atoms with Crippen molar-refractivity contribution in [3.8, 4) is 0 Å². The summed E-state index contributed by atoms with van der Waals surface area (Å²) in [4.78, 5) is 56.6. The Morgan fingerprint density at radius 2 is 1.76 bits per heavy atom. The standard InChI is InChI=1S/C23H27N5O6/c1-23(2,3)33-22(32)27-12-7-6-8-15(27)11-13-26-14-18(24-25-26)21(31)34-28-19(29)16-9-4-5-10-17(16)20(28)30/h4-5,9-10,14-15H,6-8,11-13H2,1-3H3. The quantitative estimate of drug-likeness (QED) is 0.613. The van der Waals surface area contributed by atoms with Crippen LogP contribution in [0.3, 0.4) is 0 Å². The molecule has 0 N–H and O–H groups in total. The summed E-state index contributed by atoms with van der Waals surface area (Å²) in [6.07, 6.45) is 4.45. The Morgan fingerprint density at radius 1 is 1.09 bits per heavy atom. The fraction of sp³-hybridized carbons (Fsp3) is 0.478. The summed E-state index contributed by atoms with van der Waals surface area (Å²) in [5.74, 6) is -2.38. The topological polar surface area (TPSA) is 124 Å². The largest absolute Gasteiger partial charge is 0.444 e. The number of piperidine rings is 1. The van der Waals surface area contributed by atoms with Crippen molar-refractivity contribution in [2.24, 2.45) is 0 Å². The molecule has 1 atom stereocenters. The monoisotopic (exact) mass is 469 g/mol. The smallest absolute Gasteiger partial charge is 0.410 e. The van der Waals surface area contributed by atoms with Crippen molar-refractivity contribution in [2.75, 3.05) is 6.54 Å². The molecule has 0 bridgehead atoms. The van der Waals surface area contributed by atoms with Crippen LogP contribution in [0.15, 0.2) is 30.5 Å². The number of ether oxygens (including phenoxy) is 1. The molecule has 3 amide bonds. The van der Waals surface area contributed by atoms with Gasteiger partial charge in [0.25, 0.3) is 11.8 Å². The molecule has 3 heterocycles. The predicted octanol–water partition coefficient (Wildman–Crippen LogP) is 2.83. The van der Waals surface area contributed by atoms with E-state index in [2.05, 4.69) is 10.3 Å². The van der Waals surface area contributed by atoms with Crippen LogP contribution in [0, 0.1) is 0 Å². The van der Waals surface area contributed by atoms with Crippen molar-refractivity contribution in [1.29, 1.82) is 0 Å². The van der Waals surface area contributed by atoms with E-state index in [0.29, 0.717) is 24.6 Å². The first-order valence-electron chi connectivity index (χ1n) is 11.2. The lowest BCUT2D eigenvalue weighted by atomic mass is 10.00. The predicted molar refractivity (Wildman–Crippen MR) is 118 cm³/mol. The molecule has 1 aromatic carbocycles. The Balaban J connectivity index is 1.35. The average Bonchev–Trinajstić information content (AvgIpc) is 3.36. The van der Waals surface area contributed by atoms with Gasteiger partial charge in [-0.3, -0.25) is 14.3 Å². The molecular formula is C23H27N5O6. The lowest BCUT2D eigenvalue weighted by molar-refractivity contribution is -0.0588. The first kappa shape index (κ1) is 23.4. The van der Waals surface area contributed by atoms with Gasteiger partial charge in [0.1, 0.15) is 5.60 Å². The highest BCUT2D eigenvalue weighted by atomic mass is 16.7. The molecule has 0 radical (unpaired) electrons. The third kappa shape index (κ3) is 4.92. The zero-order valence-electron chi connectivity index (χ0n) is 19.4. The number of hydrogen-bond acceptors (Lipinski definition) is 8. The summed E-state index contributed by atoms with van der Waals surface area (Å²) in [6.45, 7) is 6.55. The number of hydrogen-bond donors (Lipinski definition) is 0. The van der Waals surface area contributed by atoms with E-state index < -0.39 is 23.4 Å². The molecule has 1 fully saturated rings. The summed E-state index contributed by atoms with van der Waals surface area (Å²) < 4.78 is 7.00. The molecule has 2 aliphatic heterocycles. The molecule has 11 nitrogen and oxygen atoms in total. The van der Waals surface area contributed by atoms with Gasteiger partial charge >= 0.3 is 12.1 Å². The van der Waals surface area contributed by atoms with Crippen LogP contribution in [0.1, 0.15) is 77.7 Å². The highest BCUT2D eigenvalue weighted by molar-refractivity contribution is 6.21. The fourth-order valence-electron chi connectivity index (χ4n) is 4.02. The second kappa shape index (κ2) is 9.24. The average molecular weight is 469 g/mol. The number of imide groups is 1. The lowest BCUT2D eigenvalue weighted by Crippen LogP contribution is -2.46. The Morgan fingerprint density at radius 3 is 2.41 bits per heavy atom. The number of fused-ring (bicyclic) bond motifs is 1. The van der Waals surface area contributed by atoms with Crippen LogP contribution in [0.5, 0.6) is 0 Å². The van der Waals surface area contributed by atoms with E-state index in [1.54, 1.807) is 17.0 Å². The number of likely N-dealkylation sites (tertiary alicyclic amines) is 1. The molecule has 0 spiro atoms. The van der Waals surface area contributed by atoms with Gasteiger partial charge in [-0.25, -0.2) is 9.59 Å². The van der Waals surface area contributed by atoms with Gasteiger partial charge in [0.2, 0.25) is 0 Å². The molecular weight excluding hydrogens is 442 g/mol. The summed E-state index contributed by atoms with van der Waals surface area (Å²) in [5.41, 5.74) is -0.360. The minimum absolute atomic E-state index is 0.0125. The zero-order valence-corrected chi connectivity index (χ0v) is 19.4. The summed E-state index contributed by atoms with van der Waals surface area (Å²) in [5, 5.41) is 8.19. The number of aromatic nitrogens is 3. The summed E-state index contributed by atoms with van der Waals surface area (Å²) in [6, 6.07) is 6.22. The zero-order chi connectivity index (χ0) is 24.5. The first-order valence-corrected chi connectivity index (χ1v) is 11.2. The highest BCUT2D eigenvalue weighted by Gasteiger charge is 2.39. The van der Waals surface area contributed by atoms with Crippen molar-refractivity contribution in [3.63, 3.8) is 0 Å². The molecule has 11 heteroatoms. The number of nitrogens with zero attached hydrogens (tertiary/aromatic N) is 5. The number of carbonyl (C=O) groups excluding carboxylic acids is 4. The van der Waals surface area contributed by atoms with E-state index in [4.69, 9.17) is 9.57 Å². The van der Waals surface area contributed by atoms with Crippen LogP contribution >= 0.6 is 0 Å². The molecule has 1 aromatic heterocycles. The Bertz CT molecular complexity index is 1090. The third-order valence-corrected chi connectivity index (χ3v) is 5.63. The van der Waals surface area contributed by atoms with Gasteiger partial charge in [0, 0.05) is 19.1 Å². The molecule has 1 unspecified atom stereocenters. The molecule has 0 saturated carbocycles. The molecule has 2 aromatic rings. The van der Waals surface area contributed by atoms with Gasteiger partial charge in [-0.2, -0.15) is 0 Å². The maximum absolute atomic E-state index is 12.6. The van der Waals surface area contributed by atoms with E-state index in [-0.39, 0.29) is 29.0 Å². The van der Waals surface area contributed by atoms with Crippen molar-refractivity contribution >= 4 is 23.9 Å². The van der Waals surface area contributed by atoms with Gasteiger partial charge < -0.3 is 14.5 Å². The number of amides is 3. The van der Waals surface area contributed by atoms with E-state index in [9.17, 15) is 19.2 Å². The van der Waals surface area contributed by atoms with Crippen molar-refractivity contribution in [1.82, 2.24) is 25.0 Å². The van der Waals surface area contributed by atoms with E-state index >= 15 is 0 Å². The minimum atomic E-state index is -0.964. The van der Waals surface area contributed by atoms with Gasteiger partial charge in [0.05, 0.1) is 17.3 Å². The second-order valence-corrected chi connectivity index (χ2v) is 9.31. The van der Waals surface area contributed by atoms with Gasteiger partial charge in [-0.05, 0) is 58.6 Å². The van der Waals surface area contributed by atoms with Crippen LogP contribution in [0.2, 0.25) is 0 Å². The number of rotatable bonds is 5. The van der Waals surface area contributed by atoms with Crippen LogP contribution in [-0.4, -0.2) is 67.0 Å². The van der Waals surface area contributed by atoms with E-state index in [0.717, 1.165) is 19.3 Å². The van der Waals surface area contributed by atoms with Crippen LogP contribution in [0.25, 0.3) is 0 Å². The molecule has 34 heavy (non-hydrogen) atoms. The maximum Gasteiger partial charge on any atom is 0.410 e. The summed E-state index contributed by atoms with van der Waals surface area (Å²) in [7, 11) is 0. The third-order valence-electron chi connectivity index (χ3n) is 5.63. The Hall–Kier alpha value is -3.76. The van der Waals surface area contributed by atoms with Crippen LogP contribution in [-0.2, 0) is 16.1 Å². The van der Waals surface area contributed by atoms with Gasteiger partial charge in [0.15, 0.2) is 5.69 Å². The molecule has 2 aliphatic rings. The highest BCUT2D eigenvalue weighted by Crippen LogP contribution is 2.24. The maximum atomic E-state index is 12.6. The van der Waals surface area contributed by atoms with Gasteiger partial charge in [-0.1, -0.05) is 22.4 Å². The first-order chi connectivity index (χ1) is 16.1. The number of hydroxylamine groups is 2. The molecule has 180 valence electrons. The van der Waals surface area contributed by atoms with Crippen molar-refractivity contribution < 1.29 is 28.8 Å². The summed E-state index contributed by atoms with van der Waals surface area (Å²) >= 11 is 0. The normalized spacial score (nSPS) is 18.1. The van der Waals surface area contributed by atoms with Gasteiger partial charge in [-0.15, -0.1) is 5.10 Å². The molecule has 4 rings (SSSR count). The minimum Gasteiger partial charge on any atom is -0.444 e. The number of carbonyl (C=O) groups is 4. The SMILES string of the molecule is CC(C)(C)OC(=O)N1CCCCC1CCn1cc(C(=O)ON2C(=O)c3ccccc3C2=O)nn1. The number of aryl methyl sites for hydroxylation is 1. The van der Waals surface area contributed by atoms with E-state index in [1.165, 1.54) is 23.0 Å². The fourth-order valence-corrected chi connectivity index (χ4v) is 4.02. The molecule has 1 saturated heterocycles. The van der Waals surface area contributed by atoms with Crippen LogP contribution in [0.4, 0.5) is 4.79 Å². The Labute approximate surface area is 196 Å². The van der Waals surface area contributed by atoms with E-state index in [1.807, 2.05) is 20.8 Å². The number of benzene rings is 1. The van der Waals surface area contributed by atoms with Crippen molar-refractivity contribution in [3.05, 3.63) is 47.3 Å². The second-order valence-electron chi connectivity index (χ2n) is 9.31. The van der Waals surface area contributed by atoms with Crippen LogP contribution < -0.4 is 0 Å².